The monoisotopic (exact) mass is 332 g/mol. The van der Waals surface area contributed by atoms with Gasteiger partial charge in [-0.25, -0.2) is 4.98 Å². The number of benzene rings is 1. The van der Waals surface area contributed by atoms with Gasteiger partial charge in [0.05, 0.1) is 6.61 Å². The molecule has 2 N–H and O–H groups in total. The molecule has 1 saturated heterocycles. The van der Waals surface area contributed by atoms with E-state index in [2.05, 4.69) is 23.3 Å². The van der Waals surface area contributed by atoms with Crippen LogP contribution in [-0.2, 0) is 4.74 Å². The van der Waals surface area contributed by atoms with Crippen molar-refractivity contribution in [3.8, 4) is 10.6 Å². The lowest BCUT2D eigenvalue weighted by atomic mass is 10.0. The number of nitrogens with one attached hydrogen (secondary N) is 1. The molecule has 6 heteroatoms. The standard InChI is InChI=1S/C17H20N2O3S/c1-11-3-4-13(12(2)7-11)16-19-14(8-23-16)15(20)18-9-17(21)5-6-22-10-17/h3-4,7-8,21H,5-6,9-10H2,1-2H3,(H,18,20). The van der Waals surface area contributed by atoms with Crippen molar-refractivity contribution in [1.82, 2.24) is 10.3 Å². The largest absolute Gasteiger partial charge is 0.386 e. The number of ether oxygens (including phenoxy) is 1. The van der Waals surface area contributed by atoms with Crippen LogP contribution in [-0.4, -0.2) is 41.4 Å². The molecule has 3 rings (SSSR count). The minimum Gasteiger partial charge on any atom is -0.386 e. The molecule has 0 aliphatic carbocycles. The zero-order valence-corrected chi connectivity index (χ0v) is 14.1. The Morgan fingerprint density at radius 3 is 3.00 bits per heavy atom. The average molecular weight is 332 g/mol. The summed E-state index contributed by atoms with van der Waals surface area (Å²) in [5, 5.41) is 15.5. The van der Waals surface area contributed by atoms with Crippen LogP contribution in [0.1, 0.15) is 28.0 Å². The van der Waals surface area contributed by atoms with Crippen molar-refractivity contribution in [3.05, 3.63) is 40.4 Å². The average Bonchev–Trinajstić information content (AvgIpc) is 3.15. The van der Waals surface area contributed by atoms with Gasteiger partial charge in [0.1, 0.15) is 16.3 Å². The summed E-state index contributed by atoms with van der Waals surface area (Å²) < 4.78 is 5.17. The number of aliphatic hydroxyl groups is 1. The van der Waals surface area contributed by atoms with Gasteiger partial charge >= 0.3 is 0 Å². The molecule has 1 aliphatic heterocycles. The van der Waals surface area contributed by atoms with Gasteiger partial charge in [0.15, 0.2) is 0 Å². The Morgan fingerprint density at radius 1 is 1.48 bits per heavy atom. The number of carbonyl (C=O) groups excluding carboxylic acids is 1. The third kappa shape index (κ3) is 3.60. The third-order valence-electron chi connectivity index (χ3n) is 4.01. The molecule has 1 aliphatic rings. The van der Waals surface area contributed by atoms with Crippen LogP contribution in [0.25, 0.3) is 10.6 Å². The predicted octanol–water partition coefficient (Wildman–Crippen LogP) is 2.31. The van der Waals surface area contributed by atoms with Crippen molar-refractivity contribution in [1.29, 1.82) is 0 Å². The van der Waals surface area contributed by atoms with Gasteiger partial charge in [0.2, 0.25) is 0 Å². The van der Waals surface area contributed by atoms with E-state index < -0.39 is 5.60 Å². The van der Waals surface area contributed by atoms with E-state index in [1.165, 1.54) is 16.9 Å². The van der Waals surface area contributed by atoms with E-state index in [0.717, 1.165) is 16.1 Å². The first-order chi connectivity index (χ1) is 11.0. The number of rotatable bonds is 4. The molecule has 1 unspecified atom stereocenters. The van der Waals surface area contributed by atoms with Gasteiger partial charge in [-0.05, 0) is 19.4 Å². The minimum atomic E-state index is -0.956. The zero-order chi connectivity index (χ0) is 16.4. The Kier molecular flexibility index (Phi) is 4.48. The van der Waals surface area contributed by atoms with E-state index in [9.17, 15) is 9.90 Å². The zero-order valence-electron chi connectivity index (χ0n) is 13.3. The van der Waals surface area contributed by atoms with Crippen molar-refractivity contribution in [2.75, 3.05) is 19.8 Å². The highest BCUT2D eigenvalue weighted by Gasteiger charge is 2.32. The molecule has 1 amide bonds. The highest BCUT2D eigenvalue weighted by Crippen LogP contribution is 2.27. The summed E-state index contributed by atoms with van der Waals surface area (Å²) in [5.74, 6) is -0.266. The number of aromatic nitrogens is 1. The molecule has 1 fully saturated rings. The Labute approximate surface area is 139 Å². The molecule has 0 saturated carbocycles. The summed E-state index contributed by atoms with van der Waals surface area (Å²) in [7, 11) is 0. The third-order valence-corrected chi connectivity index (χ3v) is 4.89. The molecule has 2 aromatic rings. The van der Waals surface area contributed by atoms with Gasteiger partial charge in [-0.2, -0.15) is 0 Å². The molecule has 0 radical (unpaired) electrons. The fourth-order valence-corrected chi connectivity index (χ4v) is 3.52. The quantitative estimate of drug-likeness (QED) is 0.901. The van der Waals surface area contributed by atoms with E-state index in [1.807, 2.05) is 19.1 Å². The van der Waals surface area contributed by atoms with Crippen LogP contribution in [0, 0.1) is 13.8 Å². The van der Waals surface area contributed by atoms with Crippen LogP contribution < -0.4 is 5.32 Å². The fraction of sp³-hybridized carbons (Fsp3) is 0.412. The summed E-state index contributed by atoms with van der Waals surface area (Å²) in [6, 6.07) is 6.18. The number of aryl methyl sites for hydroxylation is 2. The molecule has 1 aromatic carbocycles. The highest BCUT2D eigenvalue weighted by atomic mass is 32.1. The maximum Gasteiger partial charge on any atom is 0.270 e. The molecule has 122 valence electrons. The van der Waals surface area contributed by atoms with Crippen molar-refractivity contribution in [2.45, 2.75) is 25.9 Å². The summed E-state index contributed by atoms with van der Waals surface area (Å²) in [6.07, 6.45) is 0.540. The van der Waals surface area contributed by atoms with Gasteiger partial charge in [0, 0.05) is 30.5 Å². The van der Waals surface area contributed by atoms with Crippen molar-refractivity contribution >= 4 is 17.2 Å². The number of thiazole rings is 1. The molecule has 5 nitrogen and oxygen atoms in total. The lowest BCUT2D eigenvalue weighted by molar-refractivity contribution is 0.0264. The van der Waals surface area contributed by atoms with Crippen LogP contribution in [0.4, 0.5) is 0 Å². The van der Waals surface area contributed by atoms with E-state index in [-0.39, 0.29) is 19.1 Å². The molecule has 1 aromatic heterocycles. The van der Waals surface area contributed by atoms with Crippen LogP contribution in [0.15, 0.2) is 23.6 Å². The van der Waals surface area contributed by atoms with Gasteiger partial charge < -0.3 is 15.2 Å². The topological polar surface area (TPSA) is 71.5 Å². The number of amides is 1. The van der Waals surface area contributed by atoms with Gasteiger partial charge in [-0.15, -0.1) is 11.3 Å². The van der Waals surface area contributed by atoms with Crippen LogP contribution in [0.2, 0.25) is 0 Å². The first-order valence-corrected chi connectivity index (χ1v) is 8.46. The molecule has 0 bridgehead atoms. The lowest BCUT2D eigenvalue weighted by Crippen LogP contribution is -2.43. The van der Waals surface area contributed by atoms with Crippen molar-refractivity contribution < 1.29 is 14.6 Å². The predicted molar refractivity (Wildman–Crippen MR) is 89.7 cm³/mol. The van der Waals surface area contributed by atoms with E-state index in [4.69, 9.17) is 4.74 Å². The maximum atomic E-state index is 12.2. The molecule has 23 heavy (non-hydrogen) atoms. The summed E-state index contributed by atoms with van der Waals surface area (Å²) >= 11 is 1.45. The molecular formula is C17H20N2O3S. The van der Waals surface area contributed by atoms with Crippen LogP contribution >= 0.6 is 11.3 Å². The number of carbonyl (C=O) groups is 1. The Balaban J connectivity index is 1.70. The van der Waals surface area contributed by atoms with E-state index >= 15 is 0 Å². The number of nitrogens with zero attached hydrogens (tertiary/aromatic N) is 1. The maximum absolute atomic E-state index is 12.2. The van der Waals surface area contributed by atoms with Crippen molar-refractivity contribution in [2.24, 2.45) is 0 Å². The second kappa shape index (κ2) is 6.39. The summed E-state index contributed by atoms with van der Waals surface area (Å²) in [4.78, 5) is 16.6. The summed E-state index contributed by atoms with van der Waals surface area (Å²) in [6.45, 7) is 5.06. The highest BCUT2D eigenvalue weighted by molar-refractivity contribution is 7.13. The smallest absolute Gasteiger partial charge is 0.270 e. The van der Waals surface area contributed by atoms with Crippen LogP contribution in [0.5, 0.6) is 0 Å². The number of hydrogen-bond acceptors (Lipinski definition) is 5. The summed E-state index contributed by atoms with van der Waals surface area (Å²) in [5.41, 5.74) is 2.81. The molecule has 1 atom stereocenters. The van der Waals surface area contributed by atoms with Crippen molar-refractivity contribution in [3.63, 3.8) is 0 Å². The molecule has 2 heterocycles. The minimum absolute atomic E-state index is 0.183. The SMILES string of the molecule is Cc1ccc(-c2nc(C(=O)NCC3(O)CCOC3)cs2)c(C)c1. The Bertz CT molecular complexity index is 720. The molecule has 0 spiro atoms. The Morgan fingerprint density at radius 2 is 2.30 bits per heavy atom. The normalized spacial score (nSPS) is 20.7. The van der Waals surface area contributed by atoms with E-state index in [0.29, 0.717) is 18.7 Å². The van der Waals surface area contributed by atoms with Gasteiger partial charge in [0.25, 0.3) is 5.91 Å². The van der Waals surface area contributed by atoms with Crippen LogP contribution in [0.3, 0.4) is 0 Å². The Hall–Kier alpha value is -1.76. The van der Waals surface area contributed by atoms with Gasteiger partial charge in [-0.3, -0.25) is 4.79 Å². The second-order valence-electron chi connectivity index (χ2n) is 6.07. The van der Waals surface area contributed by atoms with E-state index in [1.54, 1.807) is 5.38 Å². The first-order valence-electron chi connectivity index (χ1n) is 7.58. The fourth-order valence-electron chi connectivity index (χ4n) is 2.63. The number of hydrogen-bond donors (Lipinski definition) is 2. The van der Waals surface area contributed by atoms with Gasteiger partial charge in [-0.1, -0.05) is 23.8 Å². The second-order valence-corrected chi connectivity index (χ2v) is 6.92. The lowest BCUT2D eigenvalue weighted by Gasteiger charge is -2.20. The first kappa shape index (κ1) is 16.1. The molecular weight excluding hydrogens is 312 g/mol.